The van der Waals surface area contributed by atoms with E-state index in [1.165, 1.54) is 6.42 Å². The number of hydrogen-bond acceptors (Lipinski definition) is 4. The van der Waals surface area contributed by atoms with Gasteiger partial charge in [-0.2, -0.15) is 0 Å². The lowest BCUT2D eigenvalue weighted by molar-refractivity contribution is 0.370. The second kappa shape index (κ2) is 8.33. The van der Waals surface area contributed by atoms with Gasteiger partial charge in [0.05, 0.1) is 12.2 Å². The number of aromatic nitrogens is 1. The van der Waals surface area contributed by atoms with Gasteiger partial charge >= 0.3 is 0 Å². The SMILES string of the molecule is CCNC(=NCc1csc(N(C)C)n1)N1CCC(C)(C)C1.I. The van der Waals surface area contributed by atoms with Crippen molar-refractivity contribution in [2.24, 2.45) is 10.4 Å². The summed E-state index contributed by atoms with van der Waals surface area (Å²) in [6.45, 7) is 10.4. The van der Waals surface area contributed by atoms with Crippen LogP contribution < -0.4 is 10.2 Å². The molecular weight excluding hydrogens is 409 g/mol. The Morgan fingerprint density at radius 1 is 1.50 bits per heavy atom. The maximum absolute atomic E-state index is 4.76. The predicted octanol–water partition coefficient (Wildman–Crippen LogP) is 3.02. The van der Waals surface area contributed by atoms with E-state index in [4.69, 9.17) is 4.99 Å². The van der Waals surface area contributed by atoms with Gasteiger partial charge in [-0.05, 0) is 18.8 Å². The number of hydrogen-bond donors (Lipinski definition) is 1. The molecule has 1 aliphatic heterocycles. The summed E-state index contributed by atoms with van der Waals surface area (Å²) in [4.78, 5) is 13.7. The van der Waals surface area contributed by atoms with E-state index in [0.717, 1.165) is 36.4 Å². The molecule has 1 aliphatic rings. The van der Waals surface area contributed by atoms with Gasteiger partial charge in [-0.3, -0.25) is 0 Å². The minimum absolute atomic E-state index is 0. The van der Waals surface area contributed by atoms with Crippen LogP contribution in [0.4, 0.5) is 5.13 Å². The van der Waals surface area contributed by atoms with E-state index < -0.39 is 0 Å². The number of halogens is 1. The van der Waals surface area contributed by atoms with Crippen LogP contribution in [0.2, 0.25) is 0 Å². The lowest BCUT2D eigenvalue weighted by Gasteiger charge is -2.23. The van der Waals surface area contributed by atoms with Gasteiger partial charge in [-0.25, -0.2) is 9.98 Å². The van der Waals surface area contributed by atoms with E-state index >= 15 is 0 Å². The molecule has 2 heterocycles. The molecule has 1 aromatic rings. The molecule has 0 spiro atoms. The third kappa shape index (κ3) is 5.26. The van der Waals surface area contributed by atoms with Crippen LogP contribution >= 0.6 is 35.3 Å². The number of guanidine groups is 1. The molecule has 0 saturated carbocycles. The second-order valence-corrected chi connectivity index (χ2v) is 7.36. The highest BCUT2D eigenvalue weighted by molar-refractivity contribution is 14.0. The van der Waals surface area contributed by atoms with Crippen LogP contribution in [0.3, 0.4) is 0 Å². The van der Waals surface area contributed by atoms with Crippen LogP contribution in [0.1, 0.15) is 32.9 Å². The summed E-state index contributed by atoms with van der Waals surface area (Å²) in [5.41, 5.74) is 1.42. The van der Waals surface area contributed by atoms with E-state index in [1.54, 1.807) is 11.3 Å². The highest BCUT2D eigenvalue weighted by Crippen LogP contribution is 2.28. The molecule has 0 aromatic carbocycles. The maximum atomic E-state index is 4.76. The van der Waals surface area contributed by atoms with Gasteiger partial charge in [0.25, 0.3) is 0 Å². The van der Waals surface area contributed by atoms with Crippen LogP contribution in [-0.2, 0) is 6.54 Å². The highest BCUT2D eigenvalue weighted by atomic mass is 127. The van der Waals surface area contributed by atoms with Crippen molar-refractivity contribution in [3.05, 3.63) is 11.1 Å². The van der Waals surface area contributed by atoms with Gasteiger partial charge in [-0.15, -0.1) is 35.3 Å². The molecule has 0 amide bonds. The molecule has 5 nitrogen and oxygen atoms in total. The van der Waals surface area contributed by atoms with Crippen LogP contribution in [0, 0.1) is 5.41 Å². The van der Waals surface area contributed by atoms with E-state index in [2.05, 4.69) is 41.4 Å². The average molecular weight is 437 g/mol. The first-order valence-electron chi connectivity index (χ1n) is 7.56. The Kier molecular flexibility index (Phi) is 7.37. The number of rotatable bonds is 4. The van der Waals surface area contributed by atoms with Crippen LogP contribution in [-0.4, -0.2) is 49.6 Å². The number of nitrogens with one attached hydrogen (secondary N) is 1. The summed E-state index contributed by atoms with van der Waals surface area (Å²) in [7, 11) is 4.03. The first-order valence-corrected chi connectivity index (χ1v) is 8.44. The van der Waals surface area contributed by atoms with Crippen molar-refractivity contribution in [3.63, 3.8) is 0 Å². The normalized spacial score (nSPS) is 17.3. The number of thiazole rings is 1. The van der Waals surface area contributed by atoms with Crippen molar-refractivity contribution in [2.75, 3.05) is 38.6 Å². The molecule has 22 heavy (non-hydrogen) atoms. The summed E-state index contributed by atoms with van der Waals surface area (Å²) in [6.07, 6.45) is 1.22. The molecule has 0 atom stereocenters. The largest absolute Gasteiger partial charge is 0.357 e. The number of aliphatic imine (C=N–C) groups is 1. The Morgan fingerprint density at radius 2 is 2.23 bits per heavy atom. The minimum Gasteiger partial charge on any atom is -0.357 e. The van der Waals surface area contributed by atoms with Crippen LogP contribution in [0.15, 0.2) is 10.4 Å². The molecule has 2 rings (SSSR count). The van der Waals surface area contributed by atoms with Gasteiger partial charge in [-0.1, -0.05) is 13.8 Å². The summed E-state index contributed by atoms with van der Waals surface area (Å²) in [5.74, 6) is 1.02. The van der Waals surface area contributed by atoms with E-state index in [9.17, 15) is 0 Å². The third-order valence-corrected chi connectivity index (χ3v) is 4.68. The van der Waals surface area contributed by atoms with Crippen molar-refractivity contribution in [1.29, 1.82) is 0 Å². The maximum Gasteiger partial charge on any atom is 0.194 e. The molecule has 1 aromatic heterocycles. The zero-order valence-corrected chi connectivity index (χ0v) is 17.4. The van der Waals surface area contributed by atoms with Crippen LogP contribution in [0.5, 0.6) is 0 Å². The third-order valence-electron chi connectivity index (χ3n) is 3.62. The molecular formula is C15H28IN5S. The Bertz CT molecular complexity index is 498. The first-order chi connectivity index (χ1) is 9.91. The number of likely N-dealkylation sites (tertiary alicyclic amines) is 1. The summed E-state index contributed by atoms with van der Waals surface area (Å²) < 4.78 is 0. The number of nitrogens with zero attached hydrogens (tertiary/aromatic N) is 4. The Morgan fingerprint density at radius 3 is 2.73 bits per heavy atom. The lowest BCUT2D eigenvalue weighted by Crippen LogP contribution is -2.40. The molecule has 1 N–H and O–H groups in total. The molecule has 0 unspecified atom stereocenters. The van der Waals surface area contributed by atoms with Crippen molar-refractivity contribution in [3.8, 4) is 0 Å². The topological polar surface area (TPSA) is 43.8 Å². The van der Waals surface area contributed by atoms with Crippen molar-refractivity contribution in [1.82, 2.24) is 15.2 Å². The Labute approximate surface area is 155 Å². The van der Waals surface area contributed by atoms with E-state index in [0.29, 0.717) is 12.0 Å². The predicted molar refractivity (Wildman–Crippen MR) is 107 cm³/mol. The molecule has 126 valence electrons. The van der Waals surface area contributed by atoms with Gasteiger partial charge < -0.3 is 15.1 Å². The second-order valence-electron chi connectivity index (χ2n) is 6.52. The van der Waals surface area contributed by atoms with Crippen LogP contribution in [0.25, 0.3) is 0 Å². The van der Waals surface area contributed by atoms with Gasteiger partial charge in [0.15, 0.2) is 11.1 Å². The number of anilines is 1. The average Bonchev–Trinajstić information content (AvgIpc) is 3.01. The molecule has 7 heteroatoms. The fraction of sp³-hybridized carbons (Fsp3) is 0.733. The zero-order chi connectivity index (χ0) is 15.5. The van der Waals surface area contributed by atoms with Crippen molar-refractivity contribution >= 4 is 46.4 Å². The minimum atomic E-state index is 0. The fourth-order valence-corrected chi connectivity index (χ4v) is 3.20. The lowest BCUT2D eigenvalue weighted by atomic mass is 9.93. The zero-order valence-electron chi connectivity index (χ0n) is 14.2. The molecule has 1 fully saturated rings. The summed E-state index contributed by atoms with van der Waals surface area (Å²) >= 11 is 1.67. The summed E-state index contributed by atoms with van der Waals surface area (Å²) in [5, 5.41) is 6.53. The smallest absolute Gasteiger partial charge is 0.194 e. The molecule has 0 bridgehead atoms. The molecule has 0 aliphatic carbocycles. The fourth-order valence-electron chi connectivity index (χ4n) is 2.45. The van der Waals surface area contributed by atoms with Crippen molar-refractivity contribution < 1.29 is 0 Å². The van der Waals surface area contributed by atoms with E-state index in [1.807, 2.05) is 19.0 Å². The quantitative estimate of drug-likeness (QED) is 0.447. The Hall–Kier alpha value is -0.570. The van der Waals surface area contributed by atoms with Gasteiger partial charge in [0, 0.05) is 39.1 Å². The Balaban J connectivity index is 0.00000242. The van der Waals surface area contributed by atoms with Crippen molar-refractivity contribution in [2.45, 2.75) is 33.7 Å². The highest BCUT2D eigenvalue weighted by Gasteiger charge is 2.30. The monoisotopic (exact) mass is 437 g/mol. The molecule has 0 radical (unpaired) electrons. The van der Waals surface area contributed by atoms with E-state index in [-0.39, 0.29) is 24.0 Å². The summed E-state index contributed by atoms with van der Waals surface area (Å²) in [6, 6.07) is 0. The molecule has 1 saturated heterocycles. The first kappa shape index (κ1) is 19.5. The standard InChI is InChI=1S/C15H27N5S.HI/c1-6-16-13(20-8-7-15(2,3)11-20)17-9-12-10-21-14(18-12)19(4)5;/h10H,6-9,11H2,1-5H3,(H,16,17);1H. The van der Waals surface area contributed by atoms with Gasteiger partial charge in [0.2, 0.25) is 0 Å². The van der Waals surface area contributed by atoms with Gasteiger partial charge in [0.1, 0.15) is 0 Å².